The number of hydrogen-bond acceptors (Lipinski definition) is 1. The van der Waals surface area contributed by atoms with Gasteiger partial charge in [0.2, 0.25) is 0 Å². The Morgan fingerprint density at radius 2 is 1.67 bits per heavy atom. The molecule has 1 nitrogen and oxygen atoms in total. The lowest BCUT2D eigenvalue weighted by molar-refractivity contribution is 0.505. The van der Waals surface area contributed by atoms with Crippen LogP contribution in [0.1, 0.15) is 43.6 Å². The zero-order valence-electron chi connectivity index (χ0n) is 8.95. The predicted octanol–water partition coefficient (Wildman–Crippen LogP) is 3.72. The third-order valence-electron chi connectivity index (χ3n) is 3.37. The van der Waals surface area contributed by atoms with Crippen LogP contribution >= 0.6 is 11.6 Å². The van der Waals surface area contributed by atoms with Crippen LogP contribution < -0.4 is 5.73 Å². The summed E-state index contributed by atoms with van der Waals surface area (Å²) in [5.41, 5.74) is 7.57. The third-order valence-corrected chi connectivity index (χ3v) is 3.62. The second-order valence-corrected chi connectivity index (χ2v) is 4.90. The quantitative estimate of drug-likeness (QED) is 0.722. The van der Waals surface area contributed by atoms with Crippen molar-refractivity contribution in [3.05, 3.63) is 34.9 Å². The van der Waals surface area contributed by atoms with E-state index in [-0.39, 0.29) is 0 Å². The Morgan fingerprint density at radius 1 is 1.00 bits per heavy atom. The van der Waals surface area contributed by atoms with E-state index in [1.807, 2.05) is 12.1 Å². The van der Waals surface area contributed by atoms with Crippen molar-refractivity contribution in [3.63, 3.8) is 0 Å². The zero-order valence-corrected chi connectivity index (χ0v) is 9.71. The standard InChI is InChI=1S/C13H18ClN/c14-11-8-6-10(7-9-11)12-4-2-1-3-5-13(12)15/h6-9,12-13H,1-5,15H2/t12-,13-/m1/s1. The highest BCUT2D eigenvalue weighted by molar-refractivity contribution is 6.30. The van der Waals surface area contributed by atoms with Crippen LogP contribution in [0, 0.1) is 0 Å². The van der Waals surface area contributed by atoms with E-state index in [0.29, 0.717) is 12.0 Å². The SMILES string of the molecule is N[C@@H]1CCCCC[C@@H]1c1ccc(Cl)cc1. The van der Waals surface area contributed by atoms with E-state index in [9.17, 15) is 0 Å². The van der Waals surface area contributed by atoms with Crippen LogP contribution in [0.15, 0.2) is 24.3 Å². The normalized spacial score (nSPS) is 27.3. The lowest BCUT2D eigenvalue weighted by Gasteiger charge is -2.21. The minimum absolute atomic E-state index is 0.327. The van der Waals surface area contributed by atoms with Gasteiger partial charge in [-0.3, -0.25) is 0 Å². The predicted molar refractivity (Wildman–Crippen MR) is 65.3 cm³/mol. The van der Waals surface area contributed by atoms with Crippen molar-refractivity contribution >= 4 is 11.6 Å². The second kappa shape index (κ2) is 5.00. The maximum Gasteiger partial charge on any atom is 0.0406 e. The van der Waals surface area contributed by atoms with Gasteiger partial charge in [-0.25, -0.2) is 0 Å². The fourth-order valence-electron chi connectivity index (χ4n) is 2.46. The molecular formula is C13H18ClN. The molecule has 1 saturated carbocycles. The monoisotopic (exact) mass is 223 g/mol. The first kappa shape index (κ1) is 11.0. The summed E-state index contributed by atoms with van der Waals surface area (Å²) in [5, 5.41) is 0.806. The first-order valence-corrected chi connectivity index (χ1v) is 6.16. The summed E-state index contributed by atoms with van der Waals surface area (Å²) in [6, 6.07) is 8.51. The van der Waals surface area contributed by atoms with E-state index < -0.39 is 0 Å². The van der Waals surface area contributed by atoms with Gasteiger partial charge in [-0.2, -0.15) is 0 Å². The van der Waals surface area contributed by atoms with Crippen molar-refractivity contribution in [1.82, 2.24) is 0 Å². The molecule has 0 bridgehead atoms. The van der Waals surface area contributed by atoms with Crippen molar-refractivity contribution in [2.24, 2.45) is 5.73 Å². The van der Waals surface area contributed by atoms with Gasteiger partial charge in [-0.15, -0.1) is 0 Å². The fourth-order valence-corrected chi connectivity index (χ4v) is 2.59. The molecule has 0 spiro atoms. The van der Waals surface area contributed by atoms with Gasteiger partial charge in [0, 0.05) is 11.1 Å². The maximum absolute atomic E-state index is 6.22. The molecule has 1 aromatic rings. The summed E-state index contributed by atoms with van der Waals surface area (Å²) < 4.78 is 0. The molecule has 0 unspecified atom stereocenters. The maximum atomic E-state index is 6.22. The number of halogens is 1. The van der Waals surface area contributed by atoms with E-state index >= 15 is 0 Å². The molecular weight excluding hydrogens is 206 g/mol. The summed E-state index contributed by atoms with van der Waals surface area (Å²) in [4.78, 5) is 0. The van der Waals surface area contributed by atoms with Gasteiger partial charge in [0.15, 0.2) is 0 Å². The molecule has 0 radical (unpaired) electrons. The molecule has 1 aliphatic carbocycles. The number of rotatable bonds is 1. The average Bonchev–Trinajstić information content (AvgIpc) is 2.44. The van der Waals surface area contributed by atoms with E-state index in [0.717, 1.165) is 11.4 Å². The average molecular weight is 224 g/mol. The van der Waals surface area contributed by atoms with E-state index in [1.165, 1.54) is 31.2 Å². The Labute approximate surface area is 96.6 Å². The molecule has 1 aromatic carbocycles. The molecule has 1 aliphatic rings. The second-order valence-electron chi connectivity index (χ2n) is 4.46. The lowest BCUT2D eigenvalue weighted by Crippen LogP contribution is -2.27. The Kier molecular flexibility index (Phi) is 3.66. The molecule has 2 rings (SSSR count). The van der Waals surface area contributed by atoms with Gasteiger partial charge in [0.05, 0.1) is 0 Å². The van der Waals surface area contributed by atoms with Crippen LogP contribution in [-0.4, -0.2) is 6.04 Å². The van der Waals surface area contributed by atoms with E-state index in [2.05, 4.69) is 12.1 Å². The molecule has 0 aromatic heterocycles. The molecule has 0 heterocycles. The van der Waals surface area contributed by atoms with Crippen molar-refractivity contribution in [2.45, 2.75) is 44.1 Å². The highest BCUT2D eigenvalue weighted by atomic mass is 35.5. The van der Waals surface area contributed by atoms with E-state index in [1.54, 1.807) is 0 Å². The molecule has 15 heavy (non-hydrogen) atoms. The Hall–Kier alpha value is -0.530. The first-order valence-electron chi connectivity index (χ1n) is 5.78. The zero-order chi connectivity index (χ0) is 10.7. The van der Waals surface area contributed by atoms with Gasteiger partial charge in [-0.1, -0.05) is 43.0 Å². The van der Waals surface area contributed by atoms with Crippen molar-refractivity contribution in [1.29, 1.82) is 0 Å². The molecule has 2 heteroatoms. The largest absolute Gasteiger partial charge is 0.327 e. The van der Waals surface area contributed by atoms with Crippen molar-refractivity contribution in [2.75, 3.05) is 0 Å². The molecule has 82 valence electrons. The Balaban J connectivity index is 2.16. The lowest BCUT2D eigenvalue weighted by atomic mass is 9.88. The minimum atomic E-state index is 0.327. The summed E-state index contributed by atoms with van der Waals surface area (Å²) in [6.45, 7) is 0. The van der Waals surface area contributed by atoms with Crippen LogP contribution in [-0.2, 0) is 0 Å². The molecule has 0 aliphatic heterocycles. The minimum Gasteiger partial charge on any atom is -0.327 e. The van der Waals surface area contributed by atoms with Gasteiger partial charge in [-0.05, 0) is 36.5 Å². The Morgan fingerprint density at radius 3 is 2.40 bits per heavy atom. The van der Waals surface area contributed by atoms with E-state index in [4.69, 9.17) is 17.3 Å². The van der Waals surface area contributed by atoms with Crippen LogP contribution in [0.2, 0.25) is 5.02 Å². The molecule has 2 N–H and O–H groups in total. The van der Waals surface area contributed by atoms with Gasteiger partial charge in [0.25, 0.3) is 0 Å². The highest BCUT2D eigenvalue weighted by Crippen LogP contribution is 2.31. The summed E-state index contributed by atoms with van der Waals surface area (Å²) in [6.07, 6.45) is 6.31. The van der Waals surface area contributed by atoms with Crippen molar-refractivity contribution < 1.29 is 0 Å². The van der Waals surface area contributed by atoms with Gasteiger partial charge >= 0.3 is 0 Å². The van der Waals surface area contributed by atoms with Gasteiger partial charge in [0.1, 0.15) is 0 Å². The first-order chi connectivity index (χ1) is 7.27. The van der Waals surface area contributed by atoms with Crippen LogP contribution in [0.3, 0.4) is 0 Å². The third kappa shape index (κ3) is 2.73. The fraction of sp³-hybridized carbons (Fsp3) is 0.538. The Bertz CT molecular complexity index is 307. The van der Waals surface area contributed by atoms with Crippen LogP contribution in [0.4, 0.5) is 0 Å². The number of hydrogen-bond donors (Lipinski definition) is 1. The molecule has 1 fully saturated rings. The summed E-state index contributed by atoms with van der Waals surface area (Å²) in [7, 11) is 0. The van der Waals surface area contributed by atoms with Gasteiger partial charge < -0.3 is 5.73 Å². The number of benzene rings is 1. The highest BCUT2D eigenvalue weighted by Gasteiger charge is 2.21. The van der Waals surface area contributed by atoms with Crippen LogP contribution in [0.5, 0.6) is 0 Å². The number of nitrogens with two attached hydrogens (primary N) is 1. The smallest absolute Gasteiger partial charge is 0.0406 e. The van der Waals surface area contributed by atoms with Crippen molar-refractivity contribution in [3.8, 4) is 0 Å². The molecule has 0 saturated heterocycles. The topological polar surface area (TPSA) is 26.0 Å². The van der Waals surface area contributed by atoms with Crippen LogP contribution in [0.25, 0.3) is 0 Å². The summed E-state index contributed by atoms with van der Waals surface area (Å²) in [5.74, 6) is 0.532. The molecule has 0 amide bonds. The molecule has 2 atom stereocenters. The summed E-state index contributed by atoms with van der Waals surface area (Å²) >= 11 is 5.89.